The molecule has 0 spiro atoms. The number of nitrogens with one attached hydrogen (secondary N) is 1. The molecule has 2 aliphatic heterocycles. The number of rotatable bonds is 5. The first-order valence-electron chi connectivity index (χ1n) is 11.4. The lowest BCUT2D eigenvalue weighted by Gasteiger charge is -2.37. The topological polar surface area (TPSA) is 41.6 Å². The summed E-state index contributed by atoms with van der Waals surface area (Å²) in [7, 11) is 0. The fourth-order valence-electron chi connectivity index (χ4n) is 4.78. The van der Waals surface area contributed by atoms with E-state index in [0.717, 1.165) is 43.0 Å². The Morgan fingerprint density at radius 2 is 1.67 bits per heavy atom. The van der Waals surface area contributed by atoms with Gasteiger partial charge in [0.2, 0.25) is 5.91 Å². The molecule has 0 unspecified atom stereocenters. The number of ether oxygens (including phenoxy) is 1. The number of anilines is 1. The summed E-state index contributed by atoms with van der Waals surface area (Å²) >= 11 is 0. The number of amides is 1. The van der Waals surface area contributed by atoms with Gasteiger partial charge in [0.05, 0.1) is 11.5 Å². The Morgan fingerprint density at radius 3 is 2.30 bits per heavy atom. The predicted octanol–water partition coefficient (Wildman–Crippen LogP) is 4.85. The highest BCUT2D eigenvalue weighted by atomic mass is 16.5. The van der Waals surface area contributed by atoms with Crippen LogP contribution in [0.5, 0.6) is 0 Å². The molecule has 0 radical (unpaired) electrons. The van der Waals surface area contributed by atoms with E-state index in [-0.39, 0.29) is 11.9 Å². The number of carbonyl (C=O) groups excluding carboxylic acids is 1. The molecule has 1 amide bonds. The van der Waals surface area contributed by atoms with E-state index in [1.165, 1.54) is 18.5 Å². The molecule has 0 saturated carbocycles. The van der Waals surface area contributed by atoms with Crippen LogP contribution in [0.3, 0.4) is 0 Å². The van der Waals surface area contributed by atoms with Crippen molar-refractivity contribution in [2.24, 2.45) is 5.92 Å². The molecule has 0 bridgehead atoms. The van der Waals surface area contributed by atoms with Gasteiger partial charge in [0, 0.05) is 32.0 Å². The van der Waals surface area contributed by atoms with Gasteiger partial charge in [0.25, 0.3) is 0 Å². The van der Waals surface area contributed by atoms with Gasteiger partial charge in [0.15, 0.2) is 0 Å². The van der Waals surface area contributed by atoms with Crippen molar-refractivity contribution in [2.45, 2.75) is 51.0 Å². The van der Waals surface area contributed by atoms with E-state index in [1.54, 1.807) is 0 Å². The smallest absolute Gasteiger partial charge is 0.231 e. The average Bonchev–Trinajstić information content (AvgIpc) is 2.80. The lowest BCUT2D eigenvalue weighted by Crippen LogP contribution is -2.48. The van der Waals surface area contributed by atoms with Crippen LogP contribution in [-0.2, 0) is 14.9 Å². The molecule has 4 heteroatoms. The molecular formula is C26H34N2O2. The standard InChI is InChI=1S/C26H34N2O2/c1-20-12-16-28(17-13-20)24-10-8-22(9-11-24)21(2)27-25(29)26(14-18-30-19-15-26)23-6-4-3-5-7-23/h3-11,20-21H,12-19H2,1-2H3,(H,27,29)/t21-/m1/s1. The molecule has 1 atom stereocenters. The van der Waals surface area contributed by atoms with Gasteiger partial charge >= 0.3 is 0 Å². The van der Waals surface area contributed by atoms with Gasteiger partial charge in [-0.3, -0.25) is 4.79 Å². The first-order valence-corrected chi connectivity index (χ1v) is 11.4. The minimum absolute atomic E-state index is 0.0311. The van der Waals surface area contributed by atoms with Crippen molar-refractivity contribution in [2.75, 3.05) is 31.2 Å². The third-order valence-corrected chi connectivity index (χ3v) is 7.00. The largest absolute Gasteiger partial charge is 0.381 e. The second-order valence-electron chi connectivity index (χ2n) is 9.02. The van der Waals surface area contributed by atoms with Crippen molar-refractivity contribution in [3.05, 3.63) is 65.7 Å². The van der Waals surface area contributed by atoms with Crippen LogP contribution in [0, 0.1) is 5.92 Å². The molecule has 2 aromatic carbocycles. The number of hydrogen-bond acceptors (Lipinski definition) is 3. The van der Waals surface area contributed by atoms with E-state index < -0.39 is 5.41 Å². The van der Waals surface area contributed by atoms with Gasteiger partial charge in [-0.15, -0.1) is 0 Å². The van der Waals surface area contributed by atoms with Crippen LogP contribution in [0.25, 0.3) is 0 Å². The van der Waals surface area contributed by atoms with Crippen LogP contribution < -0.4 is 10.2 Å². The lowest BCUT2D eigenvalue weighted by molar-refractivity contribution is -0.131. The van der Waals surface area contributed by atoms with E-state index >= 15 is 0 Å². The normalized spacial score (nSPS) is 20.5. The molecule has 1 N–H and O–H groups in total. The first-order chi connectivity index (χ1) is 14.6. The average molecular weight is 407 g/mol. The van der Waals surface area contributed by atoms with Crippen molar-refractivity contribution in [1.29, 1.82) is 0 Å². The van der Waals surface area contributed by atoms with Crippen molar-refractivity contribution in [1.82, 2.24) is 5.32 Å². The molecule has 2 aromatic rings. The van der Waals surface area contributed by atoms with E-state index in [4.69, 9.17) is 4.74 Å². The Morgan fingerprint density at radius 1 is 1.03 bits per heavy atom. The number of piperidine rings is 1. The summed E-state index contributed by atoms with van der Waals surface area (Å²) in [5, 5.41) is 3.30. The van der Waals surface area contributed by atoms with E-state index in [2.05, 4.69) is 60.5 Å². The zero-order chi connectivity index (χ0) is 21.0. The summed E-state index contributed by atoms with van der Waals surface area (Å²) in [4.78, 5) is 15.9. The zero-order valence-electron chi connectivity index (χ0n) is 18.3. The fourth-order valence-corrected chi connectivity index (χ4v) is 4.78. The van der Waals surface area contributed by atoms with Gasteiger partial charge in [0.1, 0.15) is 0 Å². The van der Waals surface area contributed by atoms with Crippen molar-refractivity contribution in [3.63, 3.8) is 0 Å². The zero-order valence-corrected chi connectivity index (χ0v) is 18.3. The molecule has 2 saturated heterocycles. The number of benzene rings is 2. The summed E-state index contributed by atoms with van der Waals surface area (Å²) in [6.45, 7) is 7.93. The Hall–Kier alpha value is -2.33. The minimum Gasteiger partial charge on any atom is -0.381 e. The summed E-state index contributed by atoms with van der Waals surface area (Å²) in [5.41, 5.74) is 3.02. The minimum atomic E-state index is -0.502. The van der Waals surface area contributed by atoms with Crippen molar-refractivity contribution in [3.8, 4) is 0 Å². The second-order valence-corrected chi connectivity index (χ2v) is 9.02. The van der Waals surface area contributed by atoms with Crippen LogP contribution in [0.1, 0.15) is 56.7 Å². The molecular weight excluding hydrogens is 372 g/mol. The molecule has 0 aromatic heterocycles. The molecule has 4 rings (SSSR count). The maximum Gasteiger partial charge on any atom is 0.231 e. The summed E-state index contributed by atoms with van der Waals surface area (Å²) in [6.07, 6.45) is 3.97. The van der Waals surface area contributed by atoms with Crippen LogP contribution >= 0.6 is 0 Å². The summed E-state index contributed by atoms with van der Waals surface area (Å²) in [5.74, 6) is 0.941. The third-order valence-electron chi connectivity index (χ3n) is 7.00. The summed E-state index contributed by atoms with van der Waals surface area (Å²) < 4.78 is 5.58. The lowest BCUT2D eigenvalue weighted by atomic mass is 9.73. The monoisotopic (exact) mass is 406 g/mol. The van der Waals surface area contributed by atoms with Crippen LogP contribution in [0.15, 0.2) is 54.6 Å². The molecule has 30 heavy (non-hydrogen) atoms. The number of hydrogen-bond donors (Lipinski definition) is 1. The first kappa shape index (κ1) is 20.9. The number of carbonyl (C=O) groups is 1. The van der Waals surface area contributed by atoms with Crippen LogP contribution in [0.2, 0.25) is 0 Å². The van der Waals surface area contributed by atoms with Crippen molar-refractivity contribution >= 4 is 11.6 Å². The van der Waals surface area contributed by atoms with Gasteiger partial charge in [-0.25, -0.2) is 0 Å². The maximum atomic E-state index is 13.5. The molecule has 4 nitrogen and oxygen atoms in total. The van der Waals surface area contributed by atoms with Gasteiger partial charge in [-0.1, -0.05) is 49.4 Å². The Kier molecular flexibility index (Phi) is 6.43. The fraction of sp³-hybridized carbons (Fsp3) is 0.500. The maximum absolute atomic E-state index is 13.5. The van der Waals surface area contributed by atoms with Crippen LogP contribution in [-0.4, -0.2) is 32.2 Å². The third kappa shape index (κ3) is 4.39. The van der Waals surface area contributed by atoms with E-state index in [1.807, 2.05) is 18.2 Å². The van der Waals surface area contributed by atoms with E-state index in [0.29, 0.717) is 13.2 Å². The highest BCUT2D eigenvalue weighted by Crippen LogP contribution is 2.36. The quantitative estimate of drug-likeness (QED) is 0.772. The highest BCUT2D eigenvalue weighted by Gasteiger charge is 2.42. The van der Waals surface area contributed by atoms with Crippen molar-refractivity contribution < 1.29 is 9.53 Å². The Balaban J connectivity index is 1.45. The van der Waals surface area contributed by atoms with Gasteiger partial charge in [-0.05, 0) is 61.8 Å². The SMILES string of the molecule is CC1CCN(c2ccc([C@@H](C)NC(=O)C3(c4ccccc4)CCOCC3)cc2)CC1. The highest BCUT2D eigenvalue weighted by molar-refractivity contribution is 5.88. The molecule has 2 fully saturated rings. The molecule has 2 heterocycles. The van der Waals surface area contributed by atoms with Gasteiger partial charge in [-0.2, -0.15) is 0 Å². The molecule has 160 valence electrons. The number of nitrogens with zero attached hydrogens (tertiary/aromatic N) is 1. The predicted molar refractivity (Wildman–Crippen MR) is 122 cm³/mol. The molecule has 2 aliphatic rings. The Bertz CT molecular complexity index is 820. The van der Waals surface area contributed by atoms with E-state index in [9.17, 15) is 4.79 Å². The summed E-state index contributed by atoms with van der Waals surface area (Å²) in [6, 6.07) is 18.9. The van der Waals surface area contributed by atoms with Gasteiger partial charge < -0.3 is 15.0 Å². The van der Waals surface area contributed by atoms with Crippen LogP contribution in [0.4, 0.5) is 5.69 Å². The Labute approximate surface area is 180 Å². The molecule has 0 aliphatic carbocycles. The second kappa shape index (κ2) is 9.22.